The molecule has 4 N–H and O–H groups in total. The second-order valence-electron chi connectivity index (χ2n) is 19.7. The molecule has 0 unspecified atom stereocenters. The minimum Gasteiger partial charge on any atom is -0.493 e. The van der Waals surface area contributed by atoms with Crippen LogP contribution in [-0.2, 0) is 69.9 Å². The van der Waals surface area contributed by atoms with Crippen LogP contribution in [0.5, 0.6) is 17.2 Å². The molecule has 2 amide bonds. The van der Waals surface area contributed by atoms with Crippen LogP contribution in [0, 0.1) is 10.8 Å². The van der Waals surface area contributed by atoms with Gasteiger partial charge in [0.2, 0.25) is 0 Å². The highest BCUT2D eigenvalue weighted by Crippen LogP contribution is 2.38. The van der Waals surface area contributed by atoms with Crippen molar-refractivity contribution in [3.8, 4) is 17.2 Å². The zero-order valence-corrected chi connectivity index (χ0v) is 44.8. The number of ether oxygens (including phenoxy) is 5. The highest BCUT2D eigenvalue weighted by atomic mass is 32.2. The number of hydroxylamine groups is 2. The molecule has 2 heterocycles. The van der Waals surface area contributed by atoms with Gasteiger partial charge in [-0.15, -0.1) is 13.2 Å². The fraction of sp³-hybridized carbons (Fsp3) is 0.469. The summed E-state index contributed by atoms with van der Waals surface area (Å²) in [6.07, 6.45) is -5.33. The summed E-state index contributed by atoms with van der Waals surface area (Å²) < 4.78 is 164. The van der Waals surface area contributed by atoms with Gasteiger partial charge in [-0.05, 0) is 97.5 Å². The third-order valence-corrected chi connectivity index (χ3v) is 21.2. The van der Waals surface area contributed by atoms with Gasteiger partial charge >= 0.3 is 6.36 Å². The molecule has 2 fully saturated rings. The van der Waals surface area contributed by atoms with Gasteiger partial charge in [0, 0.05) is 37.3 Å². The van der Waals surface area contributed by atoms with Crippen molar-refractivity contribution < 1.29 is 90.5 Å². The number of nitrogens with one attached hydrogen (secondary N) is 2. The van der Waals surface area contributed by atoms with E-state index in [-0.39, 0.29) is 104 Å². The van der Waals surface area contributed by atoms with Crippen molar-refractivity contribution in [2.24, 2.45) is 10.8 Å². The summed E-state index contributed by atoms with van der Waals surface area (Å²) in [5, 5.41) is 18.3. The molecule has 414 valence electrons. The Balaban J connectivity index is 0.000000280. The van der Waals surface area contributed by atoms with Gasteiger partial charge in [0.15, 0.2) is 48.8 Å². The predicted molar refractivity (Wildman–Crippen MR) is 266 cm³/mol. The average Bonchev–Trinajstić information content (AvgIpc) is 3.34. The third-order valence-electron chi connectivity index (χ3n) is 12.2. The molecule has 0 radical (unpaired) electrons. The molecule has 2 aliphatic rings. The maximum absolute atomic E-state index is 13.3. The molecule has 2 saturated heterocycles. The van der Waals surface area contributed by atoms with Gasteiger partial charge in [-0.2, -0.15) is 0 Å². The first kappa shape index (κ1) is 60.5. The van der Waals surface area contributed by atoms with Crippen molar-refractivity contribution in [1.82, 2.24) is 11.0 Å². The Kier molecular flexibility index (Phi) is 19.6. The third kappa shape index (κ3) is 16.1. The highest BCUT2D eigenvalue weighted by molar-refractivity contribution is 7.94. The van der Waals surface area contributed by atoms with E-state index < -0.39 is 89.4 Å². The topological polar surface area (TPSA) is 281 Å². The van der Waals surface area contributed by atoms with E-state index in [1.807, 2.05) is 6.07 Å². The Bertz CT molecular complexity index is 3040. The number of alkyl halides is 3. The molecule has 26 heteroatoms. The summed E-state index contributed by atoms with van der Waals surface area (Å²) in [6, 6.07) is 24.5. The summed E-state index contributed by atoms with van der Waals surface area (Å²) in [7, 11) is -15.5. The number of benzene rings is 4. The molecule has 0 saturated carbocycles. The van der Waals surface area contributed by atoms with Crippen LogP contribution < -0.4 is 25.2 Å². The predicted octanol–water partition coefficient (Wildman–Crippen LogP) is 5.97. The highest BCUT2D eigenvalue weighted by Gasteiger charge is 2.53. The molecule has 75 heavy (non-hydrogen) atoms. The Morgan fingerprint density at radius 1 is 0.547 bits per heavy atom. The number of hydrogen-bond donors (Lipinski definition) is 4. The first-order chi connectivity index (χ1) is 34.9. The molecular weight excluding hydrogens is 1070 g/mol. The van der Waals surface area contributed by atoms with Gasteiger partial charge in [0.05, 0.1) is 46.0 Å². The van der Waals surface area contributed by atoms with Crippen LogP contribution >= 0.6 is 0 Å². The van der Waals surface area contributed by atoms with Gasteiger partial charge in [-0.1, -0.05) is 70.2 Å². The van der Waals surface area contributed by atoms with Crippen LogP contribution in [0.15, 0.2) is 113 Å². The molecule has 4 aromatic rings. The maximum atomic E-state index is 13.3. The molecule has 0 aromatic heterocycles. The van der Waals surface area contributed by atoms with Crippen LogP contribution in [0.2, 0.25) is 0 Å². The lowest BCUT2D eigenvalue weighted by Crippen LogP contribution is -2.54. The van der Waals surface area contributed by atoms with Crippen LogP contribution in [0.25, 0.3) is 0 Å². The number of carbonyl (C=O) groups is 2. The zero-order chi connectivity index (χ0) is 55.6. The zero-order valence-electron chi connectivity index (χ0n) is 41.5. The molecule has 6 rings (SSSR count). The second kappa shape index (κ2) is 24.3. The van der Waals surface area contributed by atoms with Crippen molar-refractivity contribution >= 4 is 51.2 Å². The Hall–Kier alpha value is -5.35. The average molecular weight is 1140 g/mol. The number of hydrogen-bond acceptors (Lipinski definition) is 17. The molecule has 19 nitrogen and oxygen atoms in total. The quantitative estimate of drug-likeness (QED) is 0.0552. The first-order valence-corrected chi connectivity index (χ1v) is 29.8. The fourth-order valence-electron chi connectivity index (χ4n) is 8.57. The van der Waals surface area contributed by atoms with E-state index in [1.165, 1.54) is 71.6 Å². The summed E-state index contributed by atoms with van der Waals surface area (Å²) in [4.78, 5) is 24.5. The van der Waals surface area contributed by atoms with E-state index in [9.17, 15) is 56.4 Å². The molecule has 0 spiro atoms. The van der Waals surface area contributed by atoms with Crippen LogP contribution in [0.1, 0.15) is 64.5 Å². The largest absolute Gasteiger partial charge is 0.573 e. The SMILES string of the molecule is CC(C)(COc1ccc(S(=O)(=O)C2(C(=O)NO)CCOCC2)cc1)CS(=O)(=O)Cc1cccc(OC(F)(F)F)c1.CC(C)(COc1ccc(S(=O)(=O)C2(C(=O)NO)CCOCC2)cc1)CS(=O)(=O)Cc1ccccc1. The monoisotopic (exact) mass is 1130 g/mol. The number of halogens is 3. The van der Waals surface area contributed by atoms with Crippen molar-refractivity contribution in [1.29, 1.82) is 0 Å². The Labute approximate surface area is 434 Å². The molecule has 2 aliphatic heterocycles. The first-order valence-electron chi connectivity index (χ1n) is 23.2. The number of carbonyl (C=O) groups excluding carboxylic acids is 2. The molecular formula is C49H61F3N2O17S4. The lowest BCUT2D eigenvalue weighted by molar-refractivity contribution is -0.274. The van der Waals surface area contributed by atoms with E-state index in [4.69, 9.17) is 29.4 Å². The minimum absolute atomic E-state index is 0.0264. The number of sulfone groups is 4. The molecule has 0 bridgehead atoms. The molecule has 0 atom stereocenters. The van der Waals surface area contributed by atoms with E-state index in [1.54, 1.807) is 52.0 Å². The van der Waals surface area contributed by atoms with Gasteiger partial charge in [-0.3, -0.25) is 20.0 Å². The van der Waals surface area contributed by atoms with Crippen molar-refractivity contribution in [2.45, 2.75) is 90.5 Å². The number of amides is 2. The van der Waals surface area contributed by atoms with Crippen molar-refractivity contribution in [3.63, 3.8) is 0 Å². The summed E-state index contributed by atoms with van der Waals surface area (Å²) in [5.74, 6) is -2.94. The van der Waals surface area contributed by atoms with Gasteiger partial charge in [0.25, 0.3) is 11.8 Å². The standard InChI is InChI=1S/C25H30F3NO9S2.C24H31NO8S2/c1-23(2,17-39(32,33)15-18-4-3-5-20(14-18)38-25(26,27)28)16-37-19-6-8-21(9-7-19)40(34,35)24(22(30)29-31)10-12-36-13-11-24;1-23(2,18-34(28,29)16-19-6-4-3-5-7-19)17-33-20-8-10-21(11-9-20)35(30,31)24(22(26)25-27)12-14-32-15-13-24/h3-9,14,31H,10-13,15-17H2,1-2H3,(H,29,30);3-11,27H,12-18H2,1-2H3,(H,25,26). The summed E-state index contributed by atoms with van der Waals surface area (Å²) >= 11 is 0. The van der Waals surface area contributed by atoms with Crippen LogP contribution in [0.3, 0.4) is 0 Å². The van der Waals surface area contributed by atoms with Gasteiger partial charge < -0.3 is 23.7 Å². The molecule has 4 aromatic carbocycles. The van der Waals surface area contributed by atoms with E-state index in [0.717, 1.165) is 17.7 Å². The summed E-state index contributed by atoms with van der Waals surface area (Å²) in [6.45, 7) is 7.08. The Morgan fingerprint density at radius 3 is 1.29 bits per heavy atom. The van der Waals surface area contributed by atoms with E-state index in [0.29, 0.717) is 5.75 Å². The minimum atomic E-state index is -4.90. The van der Waals surface area contributed by atoms with Crippen molar-refractivity contribution in [3.05, 3.63) is 114 Å². The van der Waals surface area contributed by atoms with Crippen molar-refractivity contribution in [2.75, 3.05) is 51.1 Å². The van der Waals surface area contributed by atoms with Gasteiger partial charge in [0.1, 0.15) is 17.2 Å². The second-order valence-corrected chi connectivity index (χ2v) is 28.3. The smallest absolute Gasteiger partial charge is 0.493 e. The van der Waals surface area contributed by atoms with E-state index in [2.05, 4.69) is 4.74 Å². The van der Waals surface area contributed by atoms with Crippen LogP contribution in [-0.4, -0.2) is 123 Å². The van der Waals surface area contributed by atoms with Gasteiger partial charge in [-0.25, -0.2) is 44.6 Å². The lowest BCUT2D eigenvalue weighted by Gasteiger charge is -2.34. The number of rotatable bonds is 21. The van der Waals surface area contributed by atoms with Crippen LogP contribution in [0.4, 0.5) is 13.2 Å². The Morgan fingerprint density at radius 2 is 0.920 bits per heavy atom. The summed E-state index contributed by atoms with van der Waals surface area (Å²) in [5.41, 5.74) is 2.17. The van der Waals surface area contributed by atoms with E-state index >= 15 is 0 Å². The maximum Gasteiger partial charge on any atom is 0.573 e. The normalized spacial score (nSPS) is 16.3. The molecule has 0 aliphatic carbocycles. The lowest BCUT2D eigenvalue weighted by atomic mass is 9.98. The fourth-order valence-corrected chi connectivity index (χ4v) is 16.6.